The molecule has 1 saturated heterocycles. The van der Waals surface area contributed by atoms with Gasteiger partial charge in [0.15, 0.2) is 0 Å². The first-order valence-corrected chi connectivity index (χ1v) is 8.55. The Balaban J connectivity index is 1.69. The number of sulfonamides is 1. The second-order valence-corrected chi connectivity index (χ2v) is 6.96. The van der Waals surface area contributed by atoms with Crippen LogP contribution in [-0.2, 0) is 16.4 Å². The van der Waals surface area contributed by atoms with Gasteiger partial charge in [-0.25, -0.2) is 13.1 Å². The standard InChI is InChI=1S/C14H22N2O2S/c17-19(18,12-9-13-5-2-1-3-6-13)16-11-8-14-7-4-10-15-14/h1-3,5-6,14-16H,4,7-12H2. The van der Waals surface area contributed by atoms with Crippen LogP contribution in [0.25, 0.3) is 0 Å². The maximum absolute atomic E-state index is 11.8. The van der Waals surface area contributed by atoms with Gasteiger partial charge in [0, 0.05) is 12.6 Å². The van der Waals surface area contributed by atoms with E-state index >= 15 is 0 Å². The van der Waals surface area contributed by atoms with E-state index in [2.05, 4.69) is 10.0 Å². The van der Waals surface area contributed by atoms with E-state index < -0.39 is 10.0 Å². The minimum Gasteiger partial charge on any atom is -0.314 e. The normalized spacial score (nSPS) is 19.7. The summed E-state index contributed by atoms with van der Waals surface area (Å²) in [5.74, 6) is 0.162. The van der Waals surface area contributed by atoms with Crippen molar-refractivity contribution in [2.24, 2.45) is 0 Å². The summed E-state index contributed by atoms with van der Waals surface area (Å²) in [6.45, 7) is 1.60. The lowest BCUT2D eigenvalue weighted by Crippen LogP contribution is -2.32. The molecule has 1 unspecified atom stereocenters. The van der Waals surface area contributed by atoms with Gasteiger partial charge in [0.1, 0.15) is 0 Å². The van der Waals surface area contributed by atoms with E-state index in [0.29, 0.717) is 19.0 Å². The molecule has 5 heteroatoms. The Morgan fingerprint density at radius 2 is 2.05 bits per heavy atom. The summed E-state index contributed by atoms with van der Waals surface area (Å²) < 4.78 is 26.4. The third kappa shape index (κ3) is 5.30. The fourth-order valence-electron chi connectivity index (χ4n) is 2.36. The molecule has 4 nitrogen and oxygen atoms in total. The second-order valence-electron chi connectivity index (χ2n) is 5.03. The van der Waals surface area contributed by atoms with Crippen LogP contribution in [0.3, 0.4) is 0 Å². The van der Waals surface area contributed by atoms with E-state index in [1.165, 1.54) is 6.42 Å². The molecule has 1 aliphatic rings. The number of nitrogens with one attached hydrogen (secondary N) is 2. The van der Waals surface area contributed by atoms with Gasteiger partial charge in [0.25, 0.3) is 0 Å². The number of aryl methyl sites for hydroxylation is 1. The monoisotopic (exact) mass is 282 g/mol. The van der Waals surface area contributed by atoms with Crippen LogP contribution in [0, 0.1) is 0 Å². The molecule has 0 spiro atoms. The number of rotatable bonds is 7. The van der Waals surface area contributed by atoms with Gasteiger partial charge in [0.05, 0.1) is 5.75 Å². The van der Waals surface area contributed by atoms with E-state index in [-0.39, 0.29) is 5.75 Å². The van der Waals surface area contributed by atoms with Crippen LogP contribution in [0.5, 0.6) is 0 Å². The highest BCUT2D eigenvalue weighted by molar-refractivity contribution is 7.89. The van der Waals surface area contributed by atoms with Crippen LogP contribution in [0.1, 0.15) is 24.8 Å². The van der Waals surface area contributed by atoms with Gasteiger partial charge < -0.3 is 5.32 Å². The molecule has 19 heavy (non-hydrogen) atoms. The number of benzene rings is 1. The molecule has 1 atom stereocenters. The lowest BCUT2D eigenvalue weighted by molar-refractivity contribution is 0.539. The molecule has 1 aliphatic heterocycles. The molecule has 1 aromatic carbocycles. The highest BCUT2D eigenvalue weighted by Gasteiger charge is 2.15. The fourth-order valence-corrected chi connectivity index (χ4v) is 3.44. The Morgan fingerprint density at radius 3 is 2.74 bits per heavy atom. The molecule has 0 amide bonds. The predicted molar refractivity (Wildman–Crippen MR) is 77.6 cm³/mol. The molecule has 1 aromatic rings. The van der Waals surface area contributed by atoms with Crippen LogP contribution in [-0.4, -0.2) is 33.3 Å². The molecule has 2 rings (SSSR count). The zero-order valence-electron chi connectivity index (χ0n) is 11.1. The summed E-state index contributed by atoms with van der Waals surface area (Å²) in [7, 11) is -3.15. The molecular formula is C14H22N2O2S. The Bertz CT molecular complexity index is 467. The van der Waals surface area contributed by atoms with Gasteiger partial charge in [-0.2, -0.15) is 0 Å². The lowest BCUT2D eigenvalue weighted by atomic mass is 10.2. The second kappa shape index (κ2) is 7.03. The highest BCUT2D eigenvalue weighted by Crippen LogP contribution is 2.08. The highest BCUT2D eigenvalue weighted by atomic mass is 32.2. The van der Waals surface area contributed by atoms with E-state index in [0.717, 1.165) is 24.9 Å². The first kappa shape index (κ1) is 14.5. The Morgan fingerprint density at radius 1 is 1.26 bits per heavy atom. The maximum Gasteiger partial charge on any atom is 0.211 e. The summed E-state index contributed by atoms with van der Waals surface area (Å²) in [5.41, 5.74) is 1.06. The van der Waals surface area contributed by atoms with Gasteiger partial charge in [-0.3, -0.25) is 0 Å². The van der Waals surface area contributed by atoms with Crippen LogP contribution >= 0.6 is 0 Å². The molecule has 106 valence electrons. The van der Waals surface area contributed by atoms with Crippen molar-refractivity contribution in [2.75, 3.05) is 18.8 Å². The van der Waals surface area contributed by atoms with Crippen molar-refractivity contribution in [3.05, 3.63) is 35.9 Å². The van der Waals surface area contributed by atoms with Crippen molar-refractivity contribution in [3.63, 3.8) is 0 Å². The zero-order valence-corrected chi connectivity index (χ0v) is 12.0. The quantitative estimate of drug-likeness (QED) is 0.792. The zero-order chi connectivity index (χ0) is 13.6. The molecule has 2 N–H and O–H groups in total. The summed E-state index contributed by atoms with van der Waals surface area (Å²) in [5, 5.41) is 3.37. The molecule has 0 bridgehead atoms. The first-order valence-electron chi connectivity index (χ1n) is 6.90. The molecular weight excluding hydrogens is 260 g/mol. The van der Waals surface area contributed by atoms with E-state index in [1.807, 2.05) is 30.3 Å². The molecule has 0 aromatic heterocycles. The van der Waals surface area contributed by atoms with Gasteiger partial charge in [-0.05, 0) is 37.8 Å². The van der Waals surface area contributed by atoms with Crippen molar-refractivity contribution in [2.45, 2.75) is 31.7 Å². The van der Waals surface area contributed by atoms with Gasteiger partial charge in [0.2, 0.25) is 10.0 Å². The SMILES string of the molecule is O=S(=O)(CCc1ccccc1)NCCC1CCCN1. The van der Waals surface area contributed by atoms with Crippen LogP contribution < -0.4 is 10.0 Å². The van der Waals surface area contributed by atoms with Gasteiger partial charge in [-0.15, -0.1) is 0 Å². The molecule has 1 fully saturated rings. The Hall–Kier alpha value is -0.910. The van der Waals surface area contributed by atoms with E-state index in [9.17, 15) is 8.42 Å². The van der Waals surface area contributed by atoms with Crippen molar-refractivity contribution in [3.8, 4) is 0 Å². The Labute approximate surface area is 115 Å². The van der Waals surface area contributed by atoms with Crippen LogP contribution in [0.15, 0.2) is 30.3 Å². The average molecular weight is 282 g/mol. The van der Waals surface area contributed by atoms with Crippen molar-refractivity contribution >= 4 is 10.0 Å². The molecule has 0 saturated carbocycles. The molecule has 0 radical (unpaired) electrons. The van der Waals surface area contributed by atoms with Crippen LogP contribution in [0.2, 0.25) is 0 Å². The summed E-state index contributed by atoms with van der Waals surface area (Å²) in [6.07, 6.45) is 3.81. The van der Waals surface area contributed by atoms with Gasteiger partial charge in [-0.1, -0.05) is 30.3 Å². The topological polar surface area (TPSA) is 58.2 Å². The smallest absolute Gasteiger partial charge is 0.211 e. The lowest BCUT2D eigenvalue weighted by Gasteiger charge is -2.11. The van der Waals surface area contributed by atoms with Crippen LogP contribution in [0.4, 0.5) is 0 Å². The van der Waals surface area contributed by atoms with Gasteiger partial charge >= 0.3 is 0 Å². The third-order valence-corrected chi connectivity index (χ3v) is 4.86. The average Bonchev–Trinajstić information content (AvgIpc) is 2.91. The molecule has 1 heterocycles. The molecule has 0 aliphatic carbocycles. The summed E-state index contributed by atoms with van der Waals surface area (Å²) in [6, 6.07) is 10.2. The number of hydrogen-bond acceptors (Lipinski definition) is 3. The summed E-state index contributed by atoms with van der Waals surface area (Å²) >= 11 is 0. The fraction of sp³-hybridized carbons (Fsp3) is 0.571. The van der Waals surface area contributed by atoms with E-state index in [1.54, 1.807) is 0 Å². The predicted octanol–water partition coefficient (Wildman–Crippen LogP) is 1.29. The summed E-state index contributed by atoms with van der Waals surface area (Å²) in [4.78, 5) is 0. The van der Waals surface area contributed by atoms with Crippen molar-refractivity contribution in [1.82, 2.24) is 10.0 Å². The largest absolute Gasteiger partial charge is 0.314 e. The third-order valence-electron chi connectivity index (χ3n) is 3.48. The maximum atomic E-state index is 11.8. The first-order chi connectivity index (χ1) is 9.16. The minimum atomic E-state index is -3.15. The van der Waals surface area contributed by atoms with Crippen molar-refractivity contribution < 1.29 is 8.42 Å². The minimum absolute atomic E-state index is 0.162. The number of hydrogen-bond donors (Lipinski definition) is 2. The van der Waals surface area contributed by atoms with E-state index in [4.69, 9.17) is 0 Å². The van der Waals surface area contributed by atoms with Crippen molar-refractivity contribution in [1.29, 1.82) is 0 Å². The Kier molecular flexibility index (Phi) is 5.36.